The van der Waals surface area contributed by atoms with Crippen molar-refractivity contribution in [2.75, 3.05) is 33.7 Å². The molecule has 16 heavy (non-hydrogen) atoms. The molecule has 0 spiro atoms. The van der Waals surface area contributed by atoms with Gasteiger partial charge in [-0.1, -0.05) is 17.7 Å². The predicted molar refractivity (Wildman–Crippen MR) is 69.0 cm³/mol. The van der Waals surface area contributed by atoms with Crippen LogP contribution < -0.4 is 0 Å². The molecule has 1 aromatic carbocycles. The van der Waals surface area contributed by atoms with Crippen molar-refractivity contribution in [2.24, 2.45) is 0 Å². The third kappa shape index (κ3) is 2.97. The van der Waals surface area contributed by atoms with Gasteiger partial charge in [0, 0.05) is 31.2 Å². The third-order valence-corrected chi connectivity index (χ3v) is 3.36. The van der Waals surface area contributed by atoms with Gasteiger partial charge in [-0.2, -0.15) is 0 Å². The molecule has 2 rings (SSSR count). The second kappa shape index (κ2) is 5.17. The van der Waals surface area contributed by atoms with Crippen LogP contribution in [-0.4, -0.2) is 43.5 Å². The van der Waals surface area contributed by atoms with Crippen LogP contribution >= 0.6 is 11.6 Å². The van der Waals surface area contributed by atoms with Crippen LogP contribution in [-0.2, 0) is 13.0 Å². The zero-order valence-electron chi connectivity index (χ0n) is 10.0. The fraction of sp³-hybridized carbons (Fsp3) is 0.538. The van der Waals surface area contributed by atoms with E-state index in [0.717, 1.165) is 37.6 Å². The smallest absolute Gasteiger partial charge is 0.0408 e. The fourth-order valence-electron chi connectivity index (χ4n) is 2.11. The van der Waals surface area contributed by atoms with Gasteiger partial charge < -0.3 is 4.90 Å². The minimum Gasteiger partial charge on any atom is -0.308 e. The Morgan fingerprint density at radius 2 is 2.12 bits per heavy atom. The largest absolute Gasteiger partial charge is 0.308 e. The van der Waals surface area contributed by atoms with Crippen molar-refractivity contribution < 1.29 is 0 Å². The van der Waals surface area contributed by atoms with Gasteiger partial charge in [-0.05, 0) is 43.8 Å². The summed E-state index contributed by atoms with van der Waals surface area (Å²) in [5, 5.41) is 0.862. The molecular formula is C13H19ClN2. The molecule has 3 heteroatoms. The van der Waals surface area contributed by atoms with E-state index in [0.29, 0.717) is 0 Å². The molecule has 1 aromatic rings. The molecule has 0 radical (unpaired) electrons. The number of benzene rings is 1. The summed E-state index contributed by atoms with van der Waals surface area (Å²) < 4.78 is 0. The van der Waals surface area contributed by atoms with E-state index in [9.17, 15) is 0 Å². The number of hydrogen-bond donors (Lipinski definition) is 0. The molecule has 0 saturated carbocycles. The van der Waals surface area contributed by atoms with Crippen LogP contribution in [0.1, 0.15) is 11.1 Å². The second-order valence-corrected chi connectivity index (χ2v) is 5.18. The molecule has 0 aliphatic carbocycles. The Labute approximate surface area is 103 Å². The maximum atomic E-state index is 6.00. The van der Waals surface area contributed by atoms with E-state index in [1.807, 2.05) is 6.07 Å². The number of likely N-dealkylation sites (N-methyl/N-ethyl adjacent to an activating group) is 1. The van der Waals surface area contributed by atoms with Crippen molar-refractivity contribution >= 4 is 11.6 Å². The number of rotatable bonds is 3. The van der Waals surface area contributed by atoms with Gasteiger partial charge in [0.1, 0.15) is 0 Å². The normalized spacial score (nSPS) is 16.5. The maximum Gasteiger partial charge on any atom is 0.0408 e. The molecule has 0 aromatic heterocycles. The summed E-state index contributed by atoms with van der Waals surface area (Å²) in [6, 6.07) is 6.27. The molecular weight excluding hydrogens is 220 g/mol. The van der Waals surface area contributed by atoms with Crippen LogP contribution in [0.2, 0.25) is 5.02 Å². The monoisotopic (exact) mass is 238 g/mol. The first-order chi connectivity index (χ1) is 7.65. The zero-order valence-corrected chi connectivity index (χ0v) is 10.8. The summed E-state index contributed by atoms with van der Waals surface area (Å²) in [6.07, 6.45) is 1.13. The van der Waals surface area contributed by atoms with Gasteiger partial charge >= 0.3 is 0 Å². The number of hydrogen-bond acceptors (Lipinski definition) is 2. The molecule has 88 valence electrons. The number of nitrogens with zero attached hydrogens (tertiary/aromatic N) is 2. The Kier molecular flexibility index (Phi) is 3.85. The van der Waals surface area contributed by atoms with Crippen LogP contribution in [0.15, 0.2) is 18.2 Å². The van der Waals surface area contributed by atoms with Crippen molar-refractivity contribution in [1.29, 1.82) is 0 Å². The Balaban J connectivity index is 1.98. The molecule has 1 aliphatic heterocycles. The van der Waals surface area contributed by atoms with E-state index in [2.05, 4.69) is 36.0 Å². The highest BCUT2D eigenvalue weighted by atomic mass is 35.5. The highest BCUT2D eigenvalue weighted by Gasteiger charge is 2.15. The van der Waals surface area contributed by atoms with E-state index in [-0.39, 0.29) is 0 Å². The van der Waals surface area contributed by atoms with Gasteiger partial charge in [0.25, 0.3) is 0 Å². The average Bonchev–Trinajstić information content (AvgIpc) is 2.26. The standard InChI is InChI=1S/C13H19ClN2/c1-15(2)7-8-16-6-5-11-9-13(14)4-3-12(11)10-16/h3-4,9H,5-8,10H2,1-2H3. The van der Waals surface area contributed by atoms with Gasteiger partial charge in [-0.15, -0.1) is 0 Å². The SMILES string of the molecule is CN(C)CCN1CCc2cc(Cl)ccc2C1. The molecule has 2 nitrogen and oxygen atoms in total. The topological polar surface area (TPSA) is 6.48 Å². The number of halogens is 1. The molecule has 0 N–H and O–H groups in total. The lowest BCUT2D eigenvalue weighted by molar-refractivity contribution is 0.225. The molecule has 0 unspecified atom stereocenters. The van der Waals surface area contributed by atoms with Gasteiger partial charge in [-0.25, -0.2) is 0 Å². The molecule has 1 aliphatic rings. The first-order valence-electron chi connectivity index (χ1n) is 5.79. The molecule has 1 heterocycles. The second-order valence-electron chi connectivity index (χ2n) is 4.74. The zero-order chi connectivity index (χ0) is 11.5. The summed E-state index contributed by atoms with van der Waals surface area (Å²) >= 11 is 6.00. The average molecular weight is 239 g/mol. The molecule has 0 atom stereocenters. The highest BCUT2D eigenvalue weighted by Crippen LogP contribution is 2.22. The van der Waals surface area contributed by atoms with E-state index in [1.54, 1.807) is 0 Å². The Bertz CT molecular complexity index is 363. The minimum absolute atomic E-state index is 0.862. The van der Waals surface area contributed by atoms with Crippen molar-refractivity contribution in [3.8, 4) is 0 Å². The van der Waals surface area contributed by atoms with E-state index in [1.165, 1.54) is 11.1 Å². The first-order valence-corrected chi connectivity index (χ1v) is 6.17. The van der Waals surface area contributed by atoms with Crippen molar-refractivity contribution in [3.63, 3.8) is 0 Å². The summed E-state index contributed by atoms with van der Waals surface area (Å²) in [6.45, 7) is 4.50. The van der Waals surface area contributed by atoms with Gasteiger partial charge in [-0.3, -0.25) is 4.90 Å². The van der Waals surface area contributed by atoms with Crippen molar-refractivity contribution in [2.45, 2.75) is 13.0 Å². The summed E-state index contributed by atoms with van der Waals surface area (Å²) in [5.41, 5.74) is 2.86. The fourth-order valence-corrected chi connectivity index (χ4v) is 2.31. The van der Waals surface area contributed by atoms with E-state index < -0.39 is 0 Å². The first kappa shape index (κ1) is 11.9. The number of fused-ring (bicyclic) bond motifs is 1. The summed E-state index contributed by atoms with van der Waals surface area (Å²) in [7, 11) is 4.25. The molecule has 0 bridgehead atoms. The molecule has 0 amide bonds. The minimum atomic E-state index is 0.862. The van der Waals surface area contributed by atoms with Gasteiger partial charge in [0.05, 0.1) is 0 Å². The van der Waals surface area contributed by atoms with E-state index in [4.69, 9.17) is 11.6 Å². The van der Waals surface area contributed by atoms with Crippen LogP contribution in [0, 0.1) is 0 Å². The van der Waals surface area contributed by atoms with Gasteiger partial charge in [0.2, 0.25) is 0 Å². The third-order valence-electron chi connectivity index (χ3n) is 3.12. The van der Waals surface area contributed by atoms with Crippen LogP contribution in [0.25, 0.3) is 0 Å². The molecule has 0 saturated heterocycles. The van der Waals surface area contributed by atoms with Crippen molar-refractivity contribution in [3.05, 3.63) is 34.3 Å². The lowest BCUT2D eigenvalue weighted by atomic mass is 10.00. The predicted octanol–water partition coefficient (Wildman–Crippen LogP) is 2.26. The lowest BCUT2D eigenvalue weighted by Gasteiger charge is -2.29. The quantitative estimate of drug-likeness (QED) is 0.797. The summed E-state index contributed by atoms with van der Waals surface area (Å²) in [5.74, 6) is 0. The Hall–Kier alpha value is -0.570. The van der Waals surface area contributed by atoms with Crippen molar-refractivity contribution in [1.82, 2.24) is 9.80 Å². The van der Waals surface area contributed by atoms with E-state index >= 15 is 0 Å². The lowest BCUT2D eigenvalue weighted by Crippen LogP contribution is -2.35. The van der Waals surface area contributed by atoms with Crippen LogP contribution in [0.3, 0.4) is 0 Å². The maximum absolute atomic E-state index is 6.00. The molecule has 0 fully saturated rings. The van der Waals surface area contributed by atoms with Gasteiger partial charge in [0.15, 0.2) is 0 Å². The van der Waals surface area contributed by atoms with Crippen LogP contribution in [0.5, 0.6) is 0 Å². The van der Waals surface area contributed by atoms with Crippen LogP contribution in [0.4, 0.5) is 0 Å². The summed E-state index contributed by atoms with van der Waals surface area (Å²) in [4.78, 5) is 4.74. The highest BCUT2D eigenvalue weighted by molar-refractivity contribution is 6.30. The Morgan fingerprint density at radius 3 is 2.88 bits per heavy atom. The Morgan fingerprint density at radius 1 is 1.31 bits per heavy atom.